The molecule has 2 aromatic carbocycles. The summed E-state index contributed by atoms with van der Waals surface area (Å²) in [6, 6.07) is 16.3. The fourth-order valence-electron chi connectivity index (χ4n) is 3.95. The molecule has 28 heavy (non-hydrogen) atoms. The summed E-state index contributed by atoms with van der Waals surface area (Å²) in [6.07, 6.45) is 2.95. The summed E-state index contributed by atoms with van der Waals surface area (Å²) >= 11 is 0. The second-order valence-corrected chi connectivity index (χ2v) is 7.34. The van der Waals surface area contributed by atoms with E-state index in [-0.39, 0.29) is 0 Å². The number of carbonyl (C=O) groups is 1. The van der Waals surface area contributed by atoms with E-state index < -0.39 is 0 Å². The summed E-state index contributed by atoms with van der Waals surface area (Å²) in [5.74, 6) is 2.36. The molecule has 0 aliphatic carbocycles. The molecule has 0 saturated carbocycles. The zero-order valence-corrected chi connectivity index (χ0v) is 16.6. The number of carbonyl (C=O) groups excluding carboxylic acids is 1. The van der Waals surface area contributed by atoms with Gasteiger partial charge in [-0.25, -0.2) is 9.97 Å². The molecule has 0 bridgehead atoms. The van der Waals surface area contributed by atoms with Crippen LogP contribution >= 0.6 is 0 Å². The summed E-state index contributed by atoms with van der Waals surface area (Å²) in [4.78, 5) is 21.5. The molecule has 0 atom stereocenters. The zero-order valence-electron chi connectivity index (χ0n) is 16.6. The van der Waals surface area contributed by atoms with Crippen LogP contribution in [0.15, 0.2) is 48.5 Å². The number of nitrogens with zero attached hydrogens (tertiary/aromatic N) is 4. The van der Waals surface area contributed by atoms with E-state index in [1.807, 2.05) is 50.2 Å². The van der Waals surface area contributed by atoms with Gasteiger partial charge in [0, 0.05) is 25.9 Å². The third-order valence-corrected chi connectivity index (χ3v) is 5.37. The Morgan fingerprint density at radius 2 is 1.18 bits per heavy atom. The Bertz CT molecular complexity index is 1030. The molecule has 0 saturated heterocycles. The molecule has 144 valence electrons. The molecule has 0 aliphatic heterocycles. The maximum atomic E-state index is 12.3. The minimum absolute atomic E-state index is 0.337. The van der Waals surface area contributed by atoms with Gasteiger partial charge in [0.25, 0.3) is 0 Å². The third-order valence-electron chi connectivity index (χ3n) is 5.37. The molecule has 0 radical (unpaired) electrons. The monoisotopic (exact) mass is 374 g/mol. The van der Waals surface area contributed by atoms with Gasteiger partial charge in [0.2, 0.25) is 0 Å². The lowest BCUT2D eigenvalue weighted by Crippen LogP contribution is -2.06. The summed E-state index contributed by atoms with van der Waals surface area (Å²) in [7, 11) is 0. The van der Waals surface area contributed by atoms with Crippen LogP contribution < -0.4 is 0 Å². The van der Waals surface area contributed by atoms with Crippen molar-refractivity contribution in [2.24, 2.45) is 0 Å². The van der Waals surface area contributed by atoms with E-state index in [1.165, 1.54) is 0 Å². The molecule has 4 rings (SSSR count). The molecule has 0 amide bonds. The van der Waals surface area contributed by atoms with E-state index in [4.69, 9.17) is 0 Å². The molecule has 0 N–H and O–H groups in total. The molecular weight excluding hydrogens is 348 g/mol. The maximum Gasteiger partial charge on any atom is 0.133 e. The predicted octanol–water partition coefficient (Wildman–Crippen LogP) is 4.83. The predicted molar refractivity (Wildman–Crippen MR) is 112 cm³/mol. The average Bonchev–Trinajstić information content (AvgIpc) is 3.18. The second kappa shape index (κ2) is 7.97. The van der Waals surface area contributed by atoms with Crippen LogP contribution in [0.3, 0.4) is 0 Å². The minimum atomic E-state index is 0.337. The number of imidazole rings is 2. The van der Waals surface area contributed by atoms with Crippen LogP contribution in [0.25, 0.3) is 22.1 Å². The Morgan fingerprint density at radius 1 is 0.750 bits per heavy atom. The van der Waals surface area contributed by atoms with Crippen LogP contribution in [0.1, 0.15) is 37.3 Å². The van der Waals surface area contributed by atoms with Crippen molar-refractivity contribution in [1.29, 1.82) is 0 Å². The number of benzene rings is 2. The lowest BCUT2D eigenvalue weighted by Gasteiger charge is -2.08. The molecule has 4 aromatic rings. The lowest BCUT2D eigenvalue weighted by atomic mass is 10.1. The van der Waals surface area contributed by atoms with E-state index in [1.54, 1.807) is 0 Å². The molecule has 5 nitrogen and oxygen atoms in total. The van der Waals surface area contributed by atoms with Gasteiger partial charge >= 0.3 is 0 Å². The molecule has 0 unspecified atom stereocenters. The van der Waals surface area contributed by atoms with E-state index >= 15 is 0 Å². The smallest absolute Gasteiger partial charge is 0.133 e. The molecule has 0 spiro atoms. The van der Waals surface area contributed by atoms with E-state index in [0.717, 1.165) is 59.6 Å². The largest absolute Gasteiger partial charge is 0.328 e. The first-order valence-electron chi connectivity index (χ1n) is 9.99. The van der Waals surface area contributed by atoms with Crippen molar-refractivity contribution in [3.05, 3.63) is 60.2 Å². The van der Waals surface area contributed by atoms with Gasteiger partial charge in [0.15, 0.2) is 0 Å². The summed E-state index contributed by atoms with van der Waals surface area (Å²) in [6.45, 7) is 5.73. The number of rotatable bonds is 8. The van der Waals surface area contributed by atoms with Gasteiger partial charge in [-0.15, -0.1) is 0 Å². The third kappa shape index (κ3) is 3.70. The minimum Gasteiger partial charge on any atom is -0.328 e. The Morgan fingerprint density at radius 3 is 1.64 bits per heavy atom. The topological polar surface area (TPSA) is 52.7 Å². The van der Waals surface area contributed by atoms with Crippen LogP contribution in [-0.2, 0) is 17.9 Å². The summed E-state index contributed by atoms with van der Waals surface area (Å²) in [5, 5.41) is 0. The van der Waals surface area contributed by atoms with Gasteiger partial charge in [-0.3, -0.25) is 4.79 Å². The Labute approximate surface area is 165 Å². The van der Waals surface area contributed by atoms with E-state index in [0.29, 0.717) is 18.6 Å². The SMILES string of the molecule is Cc1nc2ccccc2n1CCCC(=O)CCCn1c(C)nc2ccccc21. The quantitative estimate of drug-likeness (QED) is 0.444. The van der Waals surface area contributed by atoms with E-state index in [9.17, 15) is 4.79 Å². The van der Waals surface area contributed by atoms with Gasteiger partial charge in [-0.1, -0.05) is 24.3 Å². The van der Waals surface area contributed by atoms with Crippen LogP contribution in [0.4, 0.5) is 0 Å². The normalized spacial score (nSPS) is 11.5. The number of hydrogen-bond donors (Lipinski definition) is 0. The zero-order chi connectivity index (χ0) is 19.5. The number of fused-ring (bicyclic) bond motifs is 2. The summed E-state index contributed by atoms with van der Waals surface area (Å²) in [5.41, 5.74) is 4.34. The lowest BCUT2D eigenvalue weighted by molar-refractivity contribution is -0.119. The van der Waals surface area contributed by atoms with Gasteiger partial charge in [0.1, 0.15) is 17.4 Å². The number of aryl methyl sites for hydroxylation is 4. The highest BCUT2D eigenvalue weighted by Crippen LogP contribution is 2.18. The van der Waals surface area contributed by atoms with E-state index in [2.05, 4.69) is 31.2 Å². The van der Waals surface area contributed by atoms with Gasteiger partial charge < -0.3 is 9.13 Å². The summed E-state index contributed by atoms with van der Waals surface area (Å²) < 4.78 is 4.42. The van der Waals surface area contributed by atoms with Gasteiger partial charge in [-0.05, 0) is 51.0 Å². The van der Waals surface area contributed by atoms with Crippen molar-refractivity contribution < 1.29 is 4.79 Å². The van der Waals surface area contributed by atoms with Crippen molar-refractivity contribution in [3.8, 4) is 0 Å². The fourth-order valence-corrected chi connectivity index (χ4v) is 3.95. The Kier molecular flexibility index (Phi) is 5.24. The van der Waals surface area contributed by atoms with Crippen LogP contribution in [0.5, 0.6) is 0 Å². The Balaban J connectivity index is 1.28. The van der Waals surface area contributed by atoms with Crippen molar-refractivity contribution in [2.75, 3.05) is 0 Å². The molecule has 2 heterocycles. The number of para-hydroxylation sites is 4. The molecular formula is C23H26N4O. The first kappa shape index (κ1) is 18.4. The van der Waals surface area contributed by atoms with Crippen LogP contribution in [0, 0.1) is 13.8 Å². The highest BCUT2D eigenvalue weighted by molar-refractivity contribution is 5.79. The van der Waals surface area contributed by atoms with Gasteiger partial charge in [-0.2, -0.15) is 0 Å². The average molecular weight is 374 g/mol. The standard InChI is InChI=1S/C23H26N4O/c1-17-24-20-11-3-5-13-22(20)26(17)15-7-9-19(28)10-8-16-27-18(2)25-21-12-4-6-14-23(21)27/h3-6,11-14H,7-10,15-16H2,1-2H3. The number of hydrogen-bond acceptors (Lipinski definition) is 3. The fraction of sp³-hybridized carbons (Fsp3) is 0.348. The highest BCUT2D eigenvalue weighted by Gasteiger charge is 2.09. The van der Waals surface area contributed by atoms with Crippen molar-refractivity contribution in [2.45, 2.75) is 52.6 Å². The number of ketones is 1. The first-order valence-corrected chi connectivity index (χ1v) is 9.99. The van der Waals surface area contributed by atoms with Crippen LogP contribution in [-0.4, -0.2) is 24.9 Å². The second-order valence-electron chi connectivity index (χ2n) is 7.34. The van der Waals surface area contributed by atoms with Gasteiger partial charge in [0.05, 0.1) is 22.1 Å². The first-order chi connectivity index (χ1) is 13.6. The number of aromatic nitrogens is 4. The van der Waals surface area contributed by atoms with Crippen molar-refractivity contribution in [3.63, 3.8) is 0 Å². The maximum absolute atomic E-state index is 12.3. The highest BCUT2D eigenvalue weighted by atomic mass is 16.1. The van der Waals surface area contributed by atoms with Crippen LogP contribution in [0.2, 0.25) is 0 Å². The Hall–Kier alpha value is -2.95. The van der Waals surface area contributed by atoms with Crippen molar-refractivity contribution in [1.82, 2.24) is 19.1 Å². The molecule has 5 heteroatoms. The molecule has 0 fully saturated rings. The molecule has 2 aromatic heterocycles. The number of Topliss-reactive ketones (excluding diaryl/α,β-unsaturated/α-hetero) is 1. The van der Waals surface area contributed by atoms with Crippen molar-refractivity contribution >= 4 is 27.9 Å². The molecule has 0 aliphatic rings.